The summed E-state index contributed by atoms with van der Waals surface area (Å²) in [5.74, 6) is 0.329. The van der Waals surface area contributed by atoms with E-state index in [0.717, 1.165) is 5.39 Å². The first-order valence-corrected chi connectivity index (χ1v) is 11.6. The van der Waals surface area contributed by atoms with Gasteiger partial charge in [-0.2, -0.15) is 0 Å². The van der Waals surface area contributed by atoms with Crippen molar-refractivity contribution in [1.29, 1.82) is 0 Å². The third-order valence-corrected chi connectivity index (χ3v) is 6.66. The van der Waals surface area contributed by atoms with Crippen LogP contribution >= 0.6 is 0 Å². The molecule has 2 aliphatic rings. The van der Waals surface area contributed by atoms with E-state index in [4.69, 9.17) is 18.9 Å². The highest BCUT2D eigenvalue weighted by Crippen LogP contribution is 2.48. The Bertz CT molecular complexity index is 1700. The normalized spacial score (nSPS) is 17.2. The van der Waals surface area contributed by atoms with Crippen molar-refractivity contribution in [2.75, 3.05) is 14.2 Å². The molecule has 8 nitrogen and oxygen atoms in total. The molecule has 0 saturated heterocycles. The number of esters is 1. The van der Waals surface area contributed by atoms with E-state index in [-0.39, 0.29) is 35.0 Å². The number of pyridine rings is 1. The Morgan fingerprint density at radius 1 is 0.946 bits per heavy atom. The number of ketones is 1. The molecule has 3 heterocycles. The smallest absolute Gasteiger partial charge is 0.312 e. The van der Waals surface area contributed by atoms with E-state index in [1.165, 1.54) is 7.11 Å². The molecule has 37 heavy (non-hydrogen) atoms. The fraction of sp³-hybridized carbons (Fsp3) is 0.138. The number of carbonyl (C=O) groups excluding carboxylic acids is 2. The van der Waals surface area contributed by atoms with E-state index >= 15 is 0 Å². The van der Waals surface area contributed by atoms with Crippen molar-refractivity contribution >= 4 is 28.7 Å². The van der Waals surface area contributed by atoms with E-state index < -0.39 is 11.9 Å². The van der Waals surface area contributed by atoms with Gasteiger partial charge in [-0.25, -0.2) is 0 Å². The monoisotopic (exact) mass is 495 g/mol. The highest BCUT2D eigenvalue weighted by molar-refractivity contribution is 6.15. The molecule has 8 heteroatoms. The van der Waals surface area contributed by atoms with Crippen LogP contribution in [0.25, 0.3) is 17.0 Å². The van der Waals surface area contributed by atoms with Crippen molar-refractivity contribution in [2.24, 2.45) is 0 Å². The first-order chi connectivity index (χ1) is 18.0. The molecule has 0 bridgehead atoms. The van der Waals surface area contributed by atoms with Crippen LogP contribution in [-0.2, 0) is 4.79 Å². The number of allylic oxidation sites excluding steroid dienone is 1. The van der Waals surface area contributed by atoms with Crippen molar-refractivity contribution < 1.29 is 28.5 Å². The second kappa shape index (κ2) is 8.67. The number of methoxy groups -OCH3 is 2. The average molecular weight is 495 g/mol. The SMILES string of the molecule is COc1ccc(C=C2Oc3c(ccc4c3C(c3cc5ccccc5[nH]c3=O)CC(=O)O4)C2=O)c(OC)c1. The lowest BCUT2D eigenvalue weighted by molar-refractivity contribution is -0.135. The summed E-state index contributed by atoms with van der Waals surface area (Å²) in [5.41, 5.74) is 2.23. The van der Waals surface area contributed by atoms with Gasteiger partial charge in [0.15, 0.2) is 5.76 Å². The zero-order valence-electron chi connectivity index (χ0n) is 20.0. The number of fused-ring (bicyclic) bond motifs is 4. The molecule has 0 radical (unpaired) electrons. The molecule has 0 aliphatic carbocycles. The largest absolute Gasteiger partial charge is 0.497 e. The molecule has 6 rings (SSSR count). The van der Waals surface area contributed by atoms with Crippen molar-refractivity contribution in [3.05, 3.63) is 99.0 Å². The Kier molecular flexibility index (Phi) is 5.30. The van der Waals surface area contributed by atoms with Crippen LogP contribution in [0.4, 0.5) is 0 Å². The molecule has 0 saturated carbocycles. The van der Waals surface area contributed by atoms with Gasteiger partial charge in [0.25, 0.3) is 5.56 Å². The minimum Gasteiger partial charge on any atom is -0.497 e. The molecule has 0 fully saturated rings. The zero-order valence-corrected chi connectivity index (χ0v) is 20.0. The number of hydrogen-bond acceptors (Lipinski definition) is 7. The van der Waals surface area contributed by atoms with E-state index in [2.05, 4.69) is 4.98 Å². The van der Waals surface area contributed by atoms with E-state index in [0.29, 0.717) is 39.3 Å². The number of H-pyrrole nitrogens is 1. The van der Waals surface area contributed by atoms with Gasteiger partial charge in [-0.05, 0) is 47.9 Å². The summed E-state index contributed by atoms with van der Waals surface area (Å²) in [4.78, 5) is 41.8. The van der Waals surface area contributed by atoms with Crippen molar-refractivity contribution in [1.82, 2.24) is 4.98 Å². The summed E-state index contributed by atoms with van der Waals surface area (Å²) in [6, 6.07) is 17.6. The van der Waals surface area contributed by atoms with E-state index in [9.17, 15) is 14.4 Å². The van der Waals surface area contributed by atoms with Gasteiger partial charge in [0.1, 0.15) is 23.0 Å². The number of aromatic amines is 1. The van der Waals surface area contributed by atoms with Crippen LogP contribution < -0.4 is 24.5 Å². The number of rotatable bonds is 4. The summed E-state index contributed by atoms with van der Waals surface area (Å²) < 4.78 is 22.3. The molecular formula is C29H21NO7. The molecule has 1 aromatic heterocycles. The first-order valence-electron chi connectivity index (χ1n) is 11.6. The standard InChI is InChI=1S/C29H21NO7/c1-34-17-8-7-16(23(13-17)35-2)12-24-27(32)18-9-10-22-26(28(18)37-24)19(14-25(31)36-22)20-11-15-5-3-4-6-21(15)30-29(20)33/h3-13,19H,14H2,1-2H3,(H,30,33). The Morgan fingerprint density at radius 3 is 2.59 bits per heavy atom. The van der Waals surface area contributed by atoms with Gasteiger partial charge in [-0.15, -0.1) is 0 Å². The molecule has 1 unspecified atom stereocenters. The number of carbonyl (C=O) groups is 2. The molecule has 1 atom stereocenters. The van der Waals surface area contributed by atoms with Gasteiger partial charge in [-0.1, -0.05) is 18.2 Å². The van der Waals surface area contributed by atoms with Gasteiger partial charge in [0, 0.05) is 34.2 Å². The van der Waals surface area contributed by atoms with Crippen LogP contribution in [0.3, 0.4) is 0 Å². The van der Waals surface area contributed by atoms with Gasteiger partial charge in [-0.3, -0.25) is 14.4 Å². The maximum atomic E-state index is 13.3. The number of benzene rings is 3. The van der Waals surface area contributed by atoms with Crippen LogP contribution in [-0.4, -0.2) is 31.0 Å². The van der Waals surface area contributed by atoms with E-state index in [1.807, 2.05) is 24.3 Å². The minimum atomic E-state index is -0.651. The molecule has 0 spiro atoms. The number of hydrogen-bond donors (Lipinski definition) is 1. The van der Waals surface area contributed by atoms with Crippen LogP contribution in [0.5, 0.6) is 23.0 Å². The second-order valence-electron chi connectivity index (χ2n) is 8.77. The highest BCUT2D eigenvalue weighted by Gasteiger charge is 2.39. The molecule has 3 aromatic carbocycles. The van der Waals surface area contributed by atoms with Crippen LogP contribution in [0.1, 0.15) is 39.4 Å². The molecule has 0 amide bonds. The highest BCUT2D eigenvalue weighted by atomic mass is 16.5. The zero-order chi connectivity index (χ0) is 25.7. The predicted molar refractivity (Wildman–Crippen MR) is 136 cm³/mol. The topological polar surface area (TPSA) is 104 Å². The lowest BCUT2D eigenvalue weighted by atomic mass is 9.85. The molecule has 184 valence electrons. The third-order valence-electron chi connectivity index (χ3n) is 6.66. The lowest BCUT2D eigenvalue weighted by Gasteiger charge is -2.26. The lowest BCUT2D eigenvalue weighted by Crippen LogP contribution is -2.26. The fourth-order valence-corrected chi connectivity index (χ4v) is 4.87. The Labute approximate surface area is 211 Å². The number of Topliss-reactive ketones (excluding diaryl/α,β-unsaturated/α-hetero) is 1. The number of ether oxygens (including phenoxy) is 4. The summed E-state index contributed by atoms with van der Waals surface area (Å²) in [5, 5.41) is 0.828. The van der Waals surface area contributed by atoms with Crippen molar-refractivity contribution in [3.8, 4) is 23.0 Å². The minimum absolute atomic E-state index is 0.0617. The summed E-state index contributed by atoms with van der Waals surface area (Å²) in [7, 11) is 3.08. The average Bonchev–Trinajstić information content (AvgIpc) is 3.22. The van der Waals surface area contributed by atoms with Crippen LogP contribution in [0.15, 0.2) is 71.2 Å². The Hall–Kier alpha value is -4.85. The third kappa shape index (κ3) is 3.74. The summed E-state index contributed by atoms with van der Waals surface area (Å²) in [6.45, 7) is 0. The Balaban J connectivity index is 1.48. The van der Waals surface area contributed by atoms with Gasteiger partial charge in [0.2, 0.25) is 5.78 Å². The van der Waals surface area contributed by atoms with Crippen LogP contribution in [0, 0.1) is 0 Å². The summed E-state index contributed by atoms with van der Waals surface area (Å²) in [6.07, 6.45) is 1.54. The van der Waals surface area contributed by atoms with Gasteiger partial charge < -0.3 is 23.9 Å². The maximum Gasteiger partial charge on any atom is 0.312 e. The van der Waals surface area contributed by atoms with Crippen LogP contribution in [0.2, 0.25) is 0 Å². The van der Waals surface area contributed by atoms with Gasteiger partial charge >= 0.3 is 5.97 Å². The maximum absolute atomic E-state index is 13.3. The number of para-hydroxylation sites is 1. The predicted octanol–water partition coefficient (Wildman–Crippen LogP) is 4.60. The number of aromatic nitrogens is 1. The quantitative estimate of drug-likeness (QED) is 0.251. The molecule has 1 N–H and O–H groups in total. The molecule has 4 aromatic rings. The van der Waals surface area contributed by atoms with E-state index in [1.54, 1.807) is 49.6 Å². The fourth-order valence-electron chi connectivity index (χ4n) is 4.87. The van der Waals surface area contributed by atoms with Crippen molar-refractivity contribution in [2.45, 2.75) is 12.3 Å². The van der Waals surface area contributed by atoms with Gasteiger partial charge in [0.05, 0.1) is 26.2 Å². The molecule has 2 aliphatic heterocycles. The Morgan fingerprint density at radius 2 is 1.78 bits per heavy atom. The molecular weight excluding hydrogens is 474 g/mol. The number of nitrogens with one attached hydrogen (secondary N) is 1. The summed E-state index contributed by atoms with van der Waals surface area (Å²) >= 11 is 0. The van der Waals surface area contributed by atoms with Crippen molar-refractivity contribution in [3.63, 3.8) is 0 Å². The first kappa shape index (κ1) is 22.6. The second-order valence-corrected chi connectivity index (χ2v) is 8.77.